The van der Waals surface area contributed by atoms with E-state index in [0.717, 1.165) is 81.1 Å². The van der Waals surface area contributed by atoms with Crippen LogP contribution in [0.3, 0.4) is 0 Å². The molecule has 2 heterocycles. The van der Waals surface area contributed by atoms with Crippen LogP contribution in [0.2, 0.25) is 5.02 Å². The number of hydrogen-bond acceptors (Lipinski definition) is 5. The van der Waals surface area contributed by atoms with E-state index in [4.69, 9.17) is 30.8 Å². The Labute approximate surface area is 208 Å². The van der Waals surface area contributed by atoms with E-state index in [0.29, 0.717) is 19.8 Å². The zero-order valence-corrected chi connectivity index (χ0v) is 21.7. The number of aliphatic imine (C=N–C) groups is 1. The molecule has 2 aliphatic rings. The van der Waals surface area contributed by atoms with Crippen LogP contribution >= 0.6 is 35.6 Å². The quantitative estimate of drug-likeness (QED) is 0.287. The zero-order chi connectivity index (χ0) is 21.2. The number of methoxy groups -OCH3 is 1. The monoisotopic (exact) mass is 566 g/mol. The van der Waals surface area contributed by atoms with E-state index in [1.165, 1.54) is 0 Å². The second-order valence-electron chi connectivity index (χ2n) is 7.81. The van der Waals surface area contributed by atoms with Crippen LogP contribution in [0.4, 0.5) is 0 Å². The lowest BCUT2D eigenvalue weighted by atomic mass is 9.73. The van der Waals surface area contributed by atoms with Crippen molar-refractivity contribution in [2.45, 2.75) is 25.2 Å². The fourth-order valence-corrected chi connectivity index (χ4v) is 4.27. The number of guanidine groups is 1. The van der Waals surface area contributed by atoms with Crippen molar-refractivity contribution in [3.05, 3.63) is 28.8 Å². The van der Waals surface area contributed by atoms with Crippen LogP contribution in [0.25, 0.3) is 0 Å². The Morgan fingerprint density at radius 3 is 2.55 bits per heavy atom. The fourth-order valence-electron chi connectivity index (χ4n) is 4.10. The summed E-state index contributed by atoms with van der Waals surface area (Å²) in [5, 5.41) is 7.58. The van der Waals surface area contributed by atoms with Crippen LogP contribution in [-0.4, -0.2) is 83.7 Å². The molecule has 1 aromatic rings. The highest BCUT2D eigenvalue weighted by Crippen LogP contribution is 2.41. The molecule has 3 rings (SSSR count). The van der Waals surface area contributed by atoms with Gasteiger partial charge in [0.1, 0.15) is 5.75 Å². The lowest BCUT2D eigenvalue weighted by Gasteiger charge is -2.37. The third kappa shape index (κ3) is 7.63. The summed E-state index contributed by atoms with van der Waals surface area (Å²) in [6.45, 7) is 10.4. The van der Waals surface area contributed by atoms with Gasteiger partial charge in [-0.25, -0.2) is 0 Å². The summed E-state index contributed by atoms with van der Waals surface area (Å²) in [5.41, 5.74) is 0.967. The van der Waals surface area contributed by atoms with Crippen LogP contribution in [-0.2, 0) is 14.9 Å². The van der Waals surface area contributed by atoms with Crippen molar-refractivity contribution < 1.29 is 14.2 Å². The van der Waals surface area contributed by atoms with Crippen molar-refractivity contribution in [2.75, 3.05) is 72.8 Å². The minimum atomic E-state index is -0.152. The summed E-state index contributed by atoms with van der Waals surface area (Å²) in [4.78, 5) is 7.38. The molecule has 176 valence electrons. The molecule has 0 radical (unpaired) electrons. The van der Waals surface area contributed by atoms with Gasteiger partial charge < -0.3 is 24.8 Å². The summed E-state index contributed by atoms with van der Waals surface area (Å²) in [7, 11) is 1.71. The van der Waals surface area contributed by atoms with Gasteiger partial charge in [-0.1, -0.05) is 11.6 Å². The molecule has 0 aliphatic carbocycles. The third-order valence-electron chi connectivity index (χ3n) is 5.89. The van der Waals surface area contributed by atoms with E-state index < -0.39 is 0 Å². The molecule has 0 bridgehead atoms. The van der Waals surface area contributed by atoms with Gasteiger partial charge >= 0.3 is 0 Å². The summed E-state index contributed by atoms with van der Waals surface area (Å²) < 4.78 is 16.8. The van der Waals surface area contributed by atoms with Crippen molar-refractivity contribution in [3.63, 3.8) is 0 Å². The fraction of sp³-hybridized carbons (Fsp3) is 0.682. The molecular formula is C22H36ClIN4O3. The number of hydrogen-bond donors (Lipinski definition) is 2. The average Bonchev–Trinajstić information content (AvgIpc) is 2.79. The molecule has 31 heavy (non-hydrogen) atoms. The molecule has 1 aromatic carbocycles. The molecule has 0 unspecified atom stereocenters. The number of morpholine rings is 1. The first-order valence-corrected chi connectivity index (χ1v) is 11.3. The lowest BCUT2D eigenvalue weighted by Crippen LogP contribution is -2.45. The molecule has 0 aromatic heterocycles. The Morgan fingerprint density at radius 1 is 1.16 bits per heavy atom. The smallest absolute Gasteiger partial charge is 0.191 e. The van der Waals surface area contributed by atoms with Crippen molar-refractivity contribution in [3.8, 4) is 5.75 Å². The van der Waals surface area contributed by atoms with Gasteiger partial charge in [0.2, 0.25) is 0 Å². The van der Waals surface area contributed by atoms with Crippen LogP contribution < -0.4 is 15.4 Å². The van der Waals surface area contributed by atoms with Gasteiger partial charge in [0, 0.05) is 61.9 Å². The average molecular weight is 567 g/mol. The normalized spacial score (nSPS) is 19.4. The number of halogens is 2. The second kappa shape index (κ2) is 13.7. The number of nitrogens with one attached hydrogen (secondary N) is 2. The van der Waals surface area contributed by atoms with Crippen LogP contribution in [0.1, 0.15) is 25.3 Å². The Kier molecular flexibility index (Phi) is 11.7. The highest BCUT2D eigenvalue weighted by atomic mass is 127. The number of nitrogens with zero attached hydrogens (tertiary/aromatic N) is 2. The number of rotatable bonds is 8. The van der Waals surface area contributed by atoms with Crippen LogP contribution in [0.15, 0.2) is 23.2 Å². The van der Waals surface area contributed by atoms with Gasteiger partial charge in [0.05, 0.1) is 26.9 Å². The van der Waals surface area contributed by atoms with Crippen molar-refractivity contribution >= 4 is 41.5 Å². The predicted molar refractivity (Wildman–Crippen MR) is 136 cm³/mol. The summed E-state index contributed by atoms with van der Waals surface area (Å²) in [6, 6.07) is 5.85. The van der Waals surface area contributed by atoms with E-state index in [1.54, 1.807) is 7.11 Å². The molecular weight excluding hydrogens is 531 g/mol. The van der Waals surface area contributed by atoms with E-state index >= 15 is 0 Å². The minimum Gasteiger partial charge on any atom is -0.496 e. The first-order valence-electron chi connectivity index (χ1n) is 10.9. The van der Waals surface area contributed by atoms with Crippen molar-refractivity contribution in [1.82, 2.24) is 15.5 Å². The molecule has 0 spiro atoms. The van der Waals surface area contributed by atoms with Crippen molar-refractivity contribution in [1.29, 1.82) is 0 Å². The maximum absolute atomic E-state index is 6.35. The largest absolute Gasteiger partial charge is 0.496 e. The zero-order valence-electron chi connectivity index (χ0n) is 18.6. The molecule has 2 N–H and O–H groups in total. The second-order valence-corrected chi connectivity index (χ2v) is 8.25. The number of benzene rings is 1. The molecule has 2 aliphatic heterocycles. The van der Waals surface area contributed by atoms with Crippen LogP contribution in [0.5, 0.6) is 5.75 Å². The topological polar surface area (TPSA) is 67.4 Å². The summed E-state index contributed by atoms with van der Waals surface area (Å²) in [5.74, 6) is 1.71. The van der Waals surface area contributed by atoms with E-state index in [-0.39, 0.29) is 29.4 Å². The standard InChI is InChI=1S/C22H35ClN4O3.HI/c1-3-24-21(25-8-9-27-10-14-30-15-11-27)26-17-22(6-12-29-13-7-22)19-16-18(23)4-5-20(19)28-2;/h4-5,16H,3,6-15,17H2,1-2H3,(H2,24,25,26);1H. The Bertz CT molecular complexity index is 695. The van der Waals surface area contributed by atoms with Gasteiger partial charge in [-0.2, -0.15) is 0 Å². The number of ether oxygens (including phenoxy) is 3. The van der Waals surface area contributed by atoms with Gasteiger partial charge in [0.25, 0.3) is 0 Å². The van der Waals surface area contributed by atoms with Gasteiger partial charge in [-0.15, -0.1) is 24.0 Å². The maximum Gasteiger partial charge on any atom is 0.191 e. The molecule has 0 atom stereocenters. The SMILES string of the molecule is CCNC(=NCC1(c2cc(Cl)ccc2OC)CCOCC1)NCCN1CCOCC1.I. The molecule has 0 saturated carbocycles. The highest BCUT2D eigenvalue weighted by molar-refractivity contribution is 14.0. The molecule has 9 heteroatoms. The Hall–Kier alpha value is -0.810. The first kappa shape index (κ1) is 26.4. The molecule has 0 amide bonds. The minimum absolute atomic E-state index is 0. The highest BCUT2D eigenvalue weighted by Gasteiger charge is 2.37. The van der Waals surface area contributed by atoms with E-state index in [1.807, 2.05) is 18.2 Å². The maximum atomic E-state index is 6.35. The molecule has 7 nitrogen and oxygen atoms in total. The van der Waals surface area contributed by atoms with Crippen molar-refractivity contribution in [2.24, 2.45) is 4.99 Å². The summed E-state index contributed by atoms with van der Waals surface area (Å²) >= 11 is 6.35. The molecule has 2 fully saturated rings. The van der Waals surface area contributed by atoms with Gasteiger partial charge in [-0.05, 0) is 38.0 Å². The van der Waals surface area contributed by atoms with Gasteiger partial charge in [-0.3, -0.25) is 9.89 Å². The van der Waals surface area contributed by atoms with E-state index in [9.17, 15) is 0 Å². The first-order chi connectivity index (χ1) is 14.7. The summed E-state index contributed by atoms with van der Waals surface area (Å²) in [6.07, 6.45) is 1.78. The Balaban J connectivity index is 0.00000341. The van der Waals surface area contributed by atoms with E-state index in [2.05, 4.69) is 22.5 Å². The lowest BCUT2D eigenvalue weighted by molar-refractivity contribution is 0.0389. The van der Waals surface area contributed by atoms with Crippen LogP contribution in [0, 0.1) is 0 Å². The van der Waals surface area contributed by atoms with Gasteiger partial charge in [0.15, 0.2) is 5.96 Å². The third-order valence-corrected chi connectivity index (χ3v) is 6.13. The molecule has 2 saturated heterocycles. The predicted octanol–water partition coefficient (Wildman–Crippen LogP) is 2.90. The Morgan fingerprint density at radius 2 is 1.87 bits per heavy atom.